The van der Waals surface area contributed by atoms with E-state index >= 15 is 0 Å². The van der Waals surface area contributed by atoms with E-state index in [9.17, 15) is 33.1 Å². The fourth-order valence-electron chi connectivity index (χ4n) is 10.0. The van der Waals surface area contributed by atoms with E-state index in [1.54, 1.807) is 0 Å². The van der Waals surface area contributed by atoms with Crippen molar-refractivity contribution in [3.8, 4) is 0 Å². The van der Waals surface area contributed by atoms with Crippen molar-refractivity contribution in [1.29, 1.82) is 0 Å². The third-order valence-electron chi connectivity index (χ3n) is 11.6. The molecule has 1 amide bonds. The van der Waals surface area contributed by atoms with Gasteiger partial charge in [-0.05, 0) is 97.2 Å². The smallest absolute Gasteiger partial charge is 0.748 e. The Labute approximate surface area is 251 Å². The normalized spacial score (nSPS) is 45.2. The second-order valence-electron chi connectivity index (χ2n) is 13.4. The minimum atomic E-state index is -4.35. The van der Waals surface area contributed by atoms with Gasteiger partial charge in [0.1, 0.15) is 0 Å². The van der Waals surface area contributed by atoms with E-state index in [0.29, 0.717) is 31.1 Å². The maximum Gasteiger partial charge on any atom is 1.00 e. The fraction of sp³-hybridized carbons (Fsp3) is 0.964. The van der Waals surface area contributed by atoms with Crippen LogP contribution in [-0.2, 0) is 14.9 Å². The van der Waals surface area contributed by atoms with Crippen molar-refractivity contribution in [3.05, 3.63) is 0 Å². The van der Waals surface area contributed by atoms with Gasteiger partial charge in [0.2, 0.25) is 5.91 Å². The molecular weight excluding hydrogens is 517 g/mol. The molecule has 0 aromatic rings. The van der Waals surface area contributed by atoms with E-state index < -0.39 is 28.1 Å². The van der Waals surface area contributed by atoms with E-state index in [0.717, 1.165) is 32.1 Å². The molecule has 4 rings (SSSR count). The van der Waals surface area contributed by atoms with Crippen LogP contribution in [0, 0.1) is 52.3 Å². The minimum Gasteiger partial charge on any atom is -0.748 e. The van der Waals surface area contributed by atoms with Crippen LogP contribution < -0.4 is 34.9 Å². The van der Waals surface area contributed by atoms with E-state index in [1.807, 2.05) is 0 Å². The molecule has 0 bridgehead atoms. The van der Waals surface area contributed by atoms with Gasteiger partial charge >= 0.3 is 29.6 Å². The van der Waals surface area contributed by atoms with E-state index in [2.05, 4.69) is 33.0 Å². The van der Waals surface area contributed by atoms with Crippen LogP contribution >= 0.6 is 0 Å². The zero-order chi connectivity index (χ0) is 27.3. The first-order valence-corrected chi connectivity index (χ1v) is 16.0. The number of hydrogen-bond donors (Lipinski definition) is 4. The van der Waals surface area contributed by atoms with Crippen molar-refractivity contribution in [2.75, 3.05) is 12.3 Å². The van der Waals surface area contributed by atoms with Crippen molar-refractivity contribution >= 4 is 16.0 Å². The van der Waals surface area contributed by atoms with Crippen LogP contribution in [0.1, 0.15) is 85.5 Å². The first-order chi connectivity index (χ1) is 17.2. The Kier molecular flexibility index (Phi) is 10.6. The van der Waals surface area contributed by atoms with Gasteiger partial charge in [0.05, 0.1) is 34.2 Å². The summed E-state index contributed by atoms with van der Waals surface area (Å²) in [7, 11) is -4.35. The van der Waals surface area contributed by atoms with Gasteiger partial charge in [0, 0.05) is 13.0 Å². The second-order valence-corrected chi connectivity index (χ2v) is 14.9. The summed E-state index contributed by atoms with van der Waals surface area (Å²) in [5, 5.41) is 36.6. The van der Waals surface area contributed by atoms with Crippen LogP contribution in [-0.4, -0.2) is 64.8 Å². The largest absolute Gasteiger partial charge is 1.00 e. The molecule has 214 valence electrons. The van der Waals surface area contributed by atoms with Crippen molar-refractivity contribution < 1.29 is 62.6 Å². The number of aliphatic hydroxyl groups excluding tert-OH is 3. The number of aliphatic hydroxyl groups is 3. The van der Waals surface area contributed by atoms with Crippen LogP contribution in [0.4, 0.5) is 0 Å². The summed E-state index contributed by atoms with van der Waals surface area (Å²) in [4.78, 5) is 12.3. The number of carbonyl (C=O) groups is 1. The molecule has 8 nitrogen and oxygen atoms in total. The maximum atomic E-state index is 12.3. The summed E-state index contributed by atoms with van der Waals surface area (Å²) in [5.74, 6) is 0.484. The number of hydrogen-bond acceptors (Lipinski definition) is 7. The Balaban J connectivity index is 0.00000400. The predicted molar refractivity (Wildman–Crippen MR) is 139 cm³/mol. The second kappa shape index (κ2) is 12.2. The van der Waals surface area contributed by atoms with Gasteiger partial charge in [0.25, 0.3) is 0 Å². The van der Waals surface area contributed by atoms with Gasteiger partial charge in [-0.15, -0.1) is 0 Å². The van der Waals surface area contributed by atoms with Gasteiger partial charge in [-0.3, -0.25) is 4.79 Å². The van der Waals surface area contributed by atoms with Gasteiger partial charge in [-0.1, -0.05) is 34.1 Å². The molecule has 10 heteroatoms. The van der Waals surface area contributed by atoms with Gasteiger partial charge in [-0.25, -0.2) is 8.42 Å². The van der Waals surface area contributed by atoms with Crippen LogP contribution in [0.5, 0.6) is 0 Å². The third kappa shape index (κ3) is 6.06. The molecule has 0 aliphatic heterocycles. The number of nitrogens with one attached hydrogen (secondary N) is 1. The molecule has 0 aromatic heterocycles. The molecule has 4 aliphatic carbocycles. The van der Waals surface area contributed by atoms with Crippen LogP contribution in [0.3, 0.4) is 0 Å². The number of amides is 1. The Morgan fingerprint density at radius 3 is 2.42 bits per heavy atom. The predicted octanol–water partition coefficient (Wildman–Crippen LogP) is -0.334. The topological polar surface area (TPSA) is 147 Å². The molecule has 0 radical (unpaired) electrons. The van der Waals surface area contributed by atoms with Gasteiger partial charge in [0.15, 0.2) is 0 Å². The Hall–Kier alpha value is 0.260. The zero-order valence-electron chi connectivity index (χ0n) is 23.9. The summed E-state index contributed by atoms with van der Waals surface area (Å²) < 4.78 is 32.3. The molecule has 4 aliphatic rings. The van der Waals surface area contributed by atoms with Gasteiger partial charge in [-0.2, -0.15) is 0 Å². The summed E-state index contributed by atoms with van der Waals surface area (Å²) in [6.07, 6.45) is 5.62. The average molecular weight is 566 g/mol. The Bertz CT molecular complexity index is 949. The van der Waals surface area contributed by atoms with E-state index in [-0.39, 0.29) is 95.0 Å². The molecule has 38 heavy (non-hydrogen) atoms. The average Bonchev–Trinajstić information content (AvgIpc) is 3.14. The van der Waals surface area contributed by atoms with Crippen LogP contribution in [0.25, 0.3) is 0 Å². The molecule has 12 atom stereocenters. The molecule has 0 unspecified atom stereocenters. The van der Waals surface area contributed by atoms with E-state index in [4.69, 9.17) is 0 Å². The third-order valence-corrected chi connectivity index (χ3v) is 12.3. The van der Waals surface area contributed by atoms with Crippen molar-refractivity contribution in [3.63, 3.8) is 0 Å². The molecule has 4 saturated carbocycles. The fourth-order valence-corrected chi connectivity index (χ4v) is 10.4. The van der Waals surface area contributed by atoms with Crippen LogP contribution in [0.2, 0.25) is 0 Å². The molecule has 4 N–H and O–H groups in total. The quantitative estimate of drug-likeness (QED) is 0.233. The Morgan fingerprint density at radius 1 is 1.11 bits per heavy atom. The number of rotatable bonds is 8. The maximum absolute atomic E-state index is 12.3. The van der Waals surface area contributed by atoms with E-state index in [1.165, 1.54) is 0 Å². The first kappa shape index (κ1) is 32.8. The van der Waals surface area contributed by atoms with Crippen molar-refractivity contribution in [2.45, 2.75) is 104 Å². The summed E-state index contributed by atoms with van der Waals surface area (Å²) in [5.41, 5.74) is -0.201. The molecule has 0 aromatic carbocycles. The Morgan fingerprint density at radius 2 is 1.79 bits per heavy atom. The molecular formula is C28H48NNaO7S. The molecule has 0 saturated heterocycles. The van der Waals surface area contributed by atoms with Gasteiger partial charge < -0.3 is 25.2 Å². The molecule has 0 heterocycles. The summed E-state index contributed by atoms with van der Waals surface area (Å²) >= 11 is 0. The monoisotopic (exact) mass is 565 g/mol. The summed E-state index contributed by atoms with van der Waals surface area (Å²) in [6, 6.07) is 0. The molecule has 0 spiro atoms. The minimum absolute atomic E-state index is 0. The number of fused-ring (bicyclic) bond motifs is 5. The summed E-state index contributed by atoms with van der Waals surface area (Å²) in [6.45, 7) is 8.75. The standard InChI is InChI=1S/C28H49NO7S.Na/c1-5-18-21-14-17(30)10-11-27(21,3)25-22(31)15-28(4)19(7-8-20(28)24(25)26(18)33)16(2)6-9-23(32)29-12-13-37(34,35)36;/h16-22,24-26,30-31,33H,5-15H2,1-4H3,(H,29,32)(H,34,35,36);/q;+1/p-1/t16-,17-,18-,19-,20+,21+,22+,24+,25+,26-,27+,28-;/m1./s1. The SMILES string of the molecule is CC[C@H]1[C@@H](O)[C@@H]2[C@H]([C@@H](O)C[C@]3(C)[C@@H]([C@H](C)CCC(=O)NCCS(=O)(=O)[O-])CC[C@@H]23)[C@@]2(C)CC[C@@H](O)C[C@@H]12.[Na+]. The first-order valence-electron chi connectivity index (χ1n) is 14.5. The van der Waals surface area contributed by atoms with Crippen molar-refractivity contribution in [1.82, 2.24) is 5.32 Å². The van der Waals surface area contributed by atoms with Crippen molar-refractivity contribution in [2.24, 2.45) is 52.3 Å². The molecule has 4 fully saturated rings. The zero-order valence-corrected chi connectivity index (χ0v) is 26.8. The van der Waals surface area contributed by atoms with Crippen LogP contribution in [0.15, 0.2) is 0 Å². The number of carbonyl (C=O) groups excluding carboxylic acids is 1.